The molecule has 1 fully saturated rings. The zero-order chi connectivity index (χ0) is 18.8. The maximum absolute atomic E-state index is 13.0. The first kappa shape index (κ1) is 21.0. The third-order valence-corrected chi connectivity index (χ3v) is 4.52. The summed E-state index contributed by atoms with van der Waals surface area (Å²) >= 11 is 0. The predicted molar refractivity (Wildman–Crippen MR) is 66.7 cm³/mol. The van der Waals surface area contributed by atoms with E-state index in [9.17, 15) is 44.1 Å². The van der Waals surface area contributed by atoms with Gasteiger partial charge in [0, 0.05) is 0 Å². The highest BCUT2D eigenvalue weighted by Crippen LogP contribution is 2.47. The van der Waals surface area contributed by atoms with Crippen molar-refractivity contribution in [1.29, 1.82) is 0 Å². The lowest BCUT2D eigenvalue weighted by atomic mass is 9.99. The van der Waals surface area contributed by atoms with E-state index in [1.54, 1.807) is 0 Å². The van der Waals surface area contributed by atoms with Gasteiger partial charge in [-0.05, 0) is 12.8 Å². The molecule has 24 heavy (non-hydrogen) atoms. The first-order chi connectivity index (χ1) is 10.7. The average Bonchev–Trinajstić information content (AvgIpc) is 2.62. The van der Waals surface area contributed by atoms with Crippen molar-refractivity contribution in [3.05, 3.63) is 0 Å². The molecule has 5 nitrogen and oxygen atoms in total. The molecule has 0 atom stereocenters. The Balaban J connectivity index is 3.23. The highest BCUT2D eigenvalue weighted by atomic mass is 32.2. The second-order valence-electron chi connectivity index (χ2n) is 5.63. The molecule has 0 heterocycles. The summed E-state index contributed by atoms with van der Waals surface area (Å²) in [6.07, 6.45) is -10.4. The molecule has 142 valence electrons. The smallest absolute Gasteiger partial charge is 0.438 e. The van der Waals surface area contributed by atoms with Gasteiger partial charge in [0.2, 0.25) is 0 Å². The van der Waals surface area contributed by atoms with Crippen LogP contribution < -0.4 is 0 Å². The summed E-state index contributed by atoms with van der Waals surface area (Å²) in [4.78, 5) is 11.8. The minimum Gasteiger partial charge on any atom is -0.748 e. The number of hydrogen-bond acceptors (Lipinski definition) is 5. The Hall–Kier alpha value is -1.04. The van der Waals surface area contributed by atoms with Crippen LogP contribution in [-0.2, 0) is 19.6 Å². The average molecular weight is 385 g/mol. The van der Waals surface area contributed by atoms with Crippen LogP contribution >= 0.6 is 0 Å². The quantitative estimate of drug-likeness (QED) is 0.322. The molecular weight excluding hydrogens is 370 g/mol. The summed E-state index contributed by atoms with van der Waals surface area (Å²) in [6, 6.07) is 0. The zero-order valence-corrected chi connectivity index (χ0v) is 13.1. The Morgan fingerprint density at radius 1 is 0.958 bits per heavy atom. The molecule has 0 spiro atoms. The van der Waals surface area contributed by atoms with E-state index in [2.05, 4.69) is 4.74 Å². The van der Waals surface area contributed by atoms with Gasteiger partial charge in [0.05, 0.1) is 21.8 Å². The Labute approximate surface area is 134 Å². The van der Waals surface area contributed by atoms with Gasteiger partial charge < -0.3 is 9.29 Å². The van der Waals surface area contributed by atoms with Gasteiger partial charge in [0.1, 0.15) is 0 Å². The largest absolute Gasteiger partial charge is 0.748 e. The second-order valence-corrected chi connectivity index (χ2v) is 7.04. The molecular formula is C12H15F6O5S-. The monoisotopic (exact) mass is 385 g/mol. The summed E-state index contributed by atoms with van der Waals surface area (Å²) in [5, 5.41) is 0. The standard InChI is InChI=1S/C12H16F6O5S/c13-11(14,15)10(12(16,17)18,7-24(20,21)22)23-9(19)8-5-3-1-2-4-6-8/h8H,1-7H2,(H,20,21,22)/p-1. The Kier molecular flexibility index (Phi) is 6.18. The van der Waals surface area contributed by atoms with E-state index in [1.165, 1.54) is 0 Å². The van der Waals surface area contributed by atoms with E-state index in [0.717, 1.165) is 0 Å². The molecule has 12 heteroatoms. The summed E-state index contributed by atoms with van der Waals surface area (Å²) in [5.74, 6) is -5.95. The van der Waals surface area contributed by atoms with E-state index >= 15 is 0 Å². The molecule has 0 amide bonds. The van der Waals surface area contributed by atoms with Gasteiger partial charge in [0.15, 0.2) is 0 Å². The third kappa shape index (κ3) is 4.98. The fourth-order valence-electron chi connectivity index (χ4n) is 2.49. The zero-order valence-electron chi connectivity index (χ0n) is 12.2. The number of esters is 1. The number of halogens is 6. The molecule has 1 aliphatic carbocycles. The topological polar surface area (TPSA) is 83.5 Å². The first-order valence-electron chi connectivity index (χ1n) is 6.99. The summed E-state index contributed by atoms with van der Waals surface area (Å²) < 4.78 is 114. The molecule has 0 aromatic carbocycles. The van der Waals surface area contributed by atoms with Crippen molar-refractivity contribution < 1.29 is 48.8 Å². The van der Waals surface area contributed by atoms with Crippen LogP contribution in [0, 0.1) is 5.92 Å². The number of ether oxygens (including phenoxy) is 1. The number of carbonyl (C=O) groups excluding carboxylic acids is 1. The minimum atomic E-state index is -6.32. The molecule has 1 saturated carbocycles. The summed E-state index contributed by atoms with van der Waals surface area (Å²) in [5.41, 5.74) is -5.37. The lowest BCUT2D eigenvalue weighted by Gasteiger charge is -2.37. The predicted octanol–water partition coefficient (Wildman–Crippen LogP) is 2.91. The molecule has 0 N–H and O–H groups in total. The lowest BCUT2D eigenvalue weighted by molar-refractivity contribution is -0.362. The fraction of sp³-hybridized carbons (Fsp3) is 0.917. The van der Waals surface area contributed by atoms with Crippen LogP contribution in [0.3, 0.4) is 0 Å². The van der Waals surface area contributed by atoms with Gasteiger partial charge in [-0.1, -0.05) is 25.7 Å². The van der Waals surface area contributed by atoms with Gasteiger partial charge >= 0.3 is 23.9 Å². The van der Waals surface area contributed by atoms with E-state index in [4.69, 9.17) is 0 Å². The van der Waals surface area contributed by atoms with E-state index in [-0.39, 0.29) is 12.8 Å². The maximum Gasteiger partial charge on any atom is 0.438 e. The molecule has 0 radical (unpaired) electrons. The van der Waals surface area contributed by atoms with Gasteiger partial charge in [-0.25, -0.2) is 8.42 Å². The van der Waals surface area contributed by atoms with Crippen molar-refractivity contribution in [2.75, 3.05) is 5.75 Å². The van der Waals surface area contributed by atoms with E-state index < -0.39 is 45.7 Å². The van der Waals surface area contributed by atoms with Crippen molar-refractivity contribution >= 4 is 16.1 Å². The van der Waals surface area contributed by atoms with Crippen LogP contribution in [0.4, 0.5) is 26.3 Å². The molecule has 0 bridgehead atoms. The van der Waals surface area contributed by atoms with Crippen molar-refractivity contribution in [2.45, 2.75) is 56.5 Å². The van der Waals surface area contributed by atoms with Crippen LogP contribution in [0.2, 0.25) is 0 Å². The van der Waals surface area contributed by atoms with Crippen molar-refractivity contribution in [2.24, 2.45) is 5.92 Å². The summed E-state index contributed by atoms with van der Waals surface area (Å²) in [6.45, 7) is 0. The Morgan fingerprint density at radius 3 is 1.71 bits per heavy atom. The normalized spacial score (nSPS) is 19.0. The molecule has 1 aliphatic rings. The Bertz CT molecular complexity index is 531. The number of rotatable bonds is 4. The van der Waals surface area contributed by atoms with Crippen LogP contribution in [0.5, 0.6) is 0 Å². The van der Waals surface area contributed by atoms with Crippen molar-refractivity contribution in [1.82, 2.24) is 0 Å². The number of carbonyl (C=O) groups is 1. The maximum atomic E-state index is 13.0. The molecule has 0 aliphatic heterocycles. The molecule has 1 rings (SSSR count). The number of hydrogen-bond donors (Lipinski definition) is 0. The van der Waals surface area contributed by atoms with Crippen LogP contribution in [-0.4, -0.2) is 42.6 Å². The van der Waals surface area contributed by atoms with E-state index in [0.29, 0.717) is 25.7 Å². The molecule has 0 unspecified atom stereocenters. The van der Waals surface area contributed by atoms with Crippen LogP contribution in [0.1, 0.15) is 38.5 Å². The molecule has 0 saturated heterocycles. The Morgan fingerprint density at radius 2 is 1.38 bits per heavy atom. The van der Waals surface area contributed by atoms with Gasteiger partial charge in [-0.2, -0.15) is 26.3 Å². The van der Waals surface area contributed by atoms with E-state index in [1.807, 2.05) is 0 Å². The molecule has 0 aromatic heterocycles. The van der Waals surface area contributed by atoms with Crippen LogP contribution in [0.25, 0.3) is 0 Å². The summed E-state index contributed by atoms with van der Waals surface area (Å²) in [7, 11) is -6.00. The van der Waals surface area contributed by atoms with Gasteiger partial charge in [-0.15, -0.1) is 0 Å². The number of alkyl halides is 6. The SMILES string of the molecule is O=C(OC(CS(=O)(=O)[O-])(C(F)(F)F)C(F)(F)F)C1CCCCCC1. The van der Waals surface area contributed by atoms with Crippen molar-refractivity contribution in [3.63, 3.8) is 0 Å². The van der Waals surface area contributed by atoms with Crippen molar-refractivity contribution in [3.8, 4) is 0 Å². The highest BCUT2D eigenvalue weighted by molar-refractivity contribution is 7.85. The lowest BCUT2D eigenvalue weighted by Crippen LogP contribution is -2.63. The van der Waals surface area contributed by atoms with Gasteiger partial charge in [0.25, 0.3) is 0 Å². The minimum absolute atomic E-state index is 0.0365. The highest BCUT2D eigenvalue weighted by Gasteiger charge is 2.75. The molecule has 0 aromatic rings. The second kappa shape index (κ2) is 7.06. The van der Waals surface area contributed by atoms with Crippen LogP contribution in [0.15, 0.2) is 0 Å². The fourth-order valence-corrected chi connectivity index (χ4v) is 3.37. The van der Waals surface area contributed by atoms with Gasteiger partial charge in [-0.3, -0.25) is 4.79 Å². The third-order valence-electron chi connectivity index (χ3n) is 3.76. The first-order valence-corrected chi connectivity index (χ1v) is 8.57.